The number of amides is 3. The SMILES string of the molecule is O=C(NCC(=O)N1CCN(c2ccccc2CN2CCCC2=O)CC1)c1cc(=O)c2cc3c(cc2o1)OCO3. The largest absolute Gasteiger partial charge is 0.454 e. The Balaban J connectivity index is 1.05. The molecule has 4 heterocycles. The summed E-state index contributed by atoms with van der Waals surface area (Å²) in [6, 6.07) is 12.2. The zero-order valence-corrected chi connectivity index (χ0v) is 21.3. The number of nitrogens with zero attached hydrogens (tertiary/aromatic N) is 3. The van der Waals surface area contributed by atoms with Crippen LogP contribution in [0.3, 0.4) is 0 Å². The van der Waals surface area contributed by atoms with E-state index in [1.807, 2.05) is 23.1 Å². The van der Waals surface area contributed by atoms with E-state index in [1.165, 1.54) is 12.1 Å². The van der Waals surface area contributed by atoms with Crippen LogP contribution in [0.25, 0.3) is 11.0 Å². The van der Waals surface area contributed by atoms with Gasteiger partial charge in [0.05, 0.1) is 11.9 Å². The van der Waals surface area contributed by atoms with Gasteiger partial charge in [-0.25, -0.2) is 0 Å². The number of hydrogen-bond donors (Lipinski definition) is 1. The van der Waals surface area contributed by atoms with Crippen LogP contribution in [0, 0.1) is 0 Å². The Morgan fingerprint density at radius 3 is 2.46 bits per heavy atom. The molecule has 2 fully saturated rings. The maximum absolute atomic E-state index is 12.8. The Labute approximate surface area is 223 Å². The fourth-order valence-corrected chi connectivity index (χ4v) is 5.24. The highest BCUT2D eigenvalue weighted by Crippen LogP contribution is 2.35. The van der Waals surface area contributed by atoms with E-state index in [2.05, 4.69) is 16.3 Å². The number of carbonyl (C=O) groups is 3. The molecule has 0 unspecified atom stereocenters. The van der Waals surface area contributed by atoms with E-state index in [4.69, 9.17) is 13.9 Å². The topological polar surface area (TPSA) is 122 Å². The number of ether oxygens (including phenoxy) is 2. The molecule has 6 rings (SSSR count). The number of benzene rings is 2. The van der Waals surface area contributed by atoms with Crippen LogP contribution < -0.4 is 25.1 Å². The average molecular weight is 533 g/mol. The molecule has 0 spiro atoms. The number of carbonyl (C=O) groups excluding carboxylic acids is 3. The van der Waals surface area contributed by atoms with E-state index in [1.54, 1.807) is 4.90 Å². The number of fused-ring (bicyclic) bond motifs is 2. The first kappa shape index (κ1) is 24.8. The average Bonchev–Trinajstić information content (AvgIpc) is 3.59. The van der Waals surface area contributed by atoms with E-state index in [0.29, 0.717) is 50.6 Å². The predicted molar refractivity (Wildman–Crippen MR) is 141 cm³/mol. The lowest BCUT2D eigenvalue weighted by molar-refractivity contribution is -0.130. The summed E-state index contributed by atoms with van der Waals surface area (Å²) in [5.41, 5.74) is 1.98. The lowest BCUT2D eigenvalue weighted by Gasteiger charge is -2.37. The molecular formula is C28H28N4O7. The molecule has 2 aromatic carbocycles. The van der Waals surface area contributed by atoms with Crippen LogP contribution in [0.5, 0.6) is 11.5 Å². The van der Waals surface area contributed by atoms with Crippen LogP contribution in [-0.4, -0.2) is 73.6 Å². The zero-order valence-electron chi connectivity index (χ0n) is 21.3. The minimum Gasteiger partial charge on any atom is -0.454 e. The molecule has 0 saturated carbocycles. The van der Waals surface area contributed by atoms with Crippen molar-refractivity contribution >= 4 is 34.4 Å². The third kappa shape index (κ3) is 4.99. The van der Waals surface area contributed by atoms with Crippen LogP contribution in [0.2, 0.25) is 0 Å². The van der Waals surface area contributed by atoms with Gasteiger partial charge in [0.25, 0.3) is 5.91 Å². The summed E-state index contributed by atoms with van der Waals surface area (Å²) >= 11 is 0. The van der Waals surface area contributed by atoms with Gasteiger partial charge in [0.15, 0.2) is 22.7 Å². The van der Waals surface area contributed by atoms with Gasteiger partial charge in [-0.05, 0) is 24.1 Å². The van der Waals surface area contributed by atoms with Crippen LogP contribution in [-0.2, 0) is 16.1 Å². The van der Waals surface area contributed by atoms with Crippen LogP contribution in [0.1, 0.15) is 29.0 Å². The van der Waals surface area contributed by atoms with Crippen LogP contribution >= 0.6 is 0 Å². The van der Waals surface area contributed by atoms with Crippen molar-refractivity contribution in [3.8, 4) is 11.5 Å². The van der Waals surface area contributed by atoms with Gasteiger partial charge in [-0.15, -0.1) is 0 Å². The summed E-state index contributed by atoms with van der Waals surface area (Å²) in [5, 5.41) is 2.84. The van der Waals surface area contributed by atoms with Gasteiger partial charge in [0.1, 0.15) is 5.58 Å². The molecule has 3 aliphatic heterocycles. The zero-order chi connectivity index (χ0) is 26.9. The highest BCUT2D eigenvalue weighted by molar-refractivity contribution is 5.95. The van der Waals surface area contributed by atoms with Crippen molar-refractivity contribution in [2.75, 3.05) is 51.0 Å². The summed E-state index contributed by atoms with van der Waals surface area (Å²) < 4.78 is 16.2. The maximum atomic E-state index is 12.8. The summed E-state index contributed by atoms with van der Waals surface area (Å²) in [6.07, 6.45) is 1.51. The second kappa shape index (κ2) is 10.3. The molecule has 0 aliphatic carbocycles. The monoisotopic (exact) mass is 532 g/mol. The van der Waals surface area contributed by atoms with Gasteiger partial charge in [-0.3, -0.25) is 19.2 Å². The molecule has 1 aromatic heterocycles. The number of piperazine rings is 1. The molecule has 1 N–H and O–H groups in total. The minimum atomic E-state index is -0.649. The number of likely N-dealkylation sites (tertiary alicyclic amines) is 1. The van der Waals surface area contributed by atoms with Gasteiger partial charge < -0.3 is 33.9 Å². The smallest absolute Gasteiger partial charge is 0.287 e. The van der Waals surface area contributed by atoms with Crippen LogP contribution in [0.4, 0.5) is 5.69 Å². The molecule has 202 valence electrons. The molecule has 0 bridgehead atoms. The standard InChI is InChI=1S/C28H28N4O7/c33-21-13-25(39-22-14-24-23(12-19(21)22)37-17-38-24)28(36)29-15-27(35)31-10-8-30(9-11-31)20-5-2-1-4-18(20)16-32-7-3-6-26(32)34/h1-2,4-5,12-14H,3,6-11,15-17H2,(H,29,36). The second-order valence-corrected chi connectivity index (χ2v) is 9.77. The Morgan fingerprint density at radius 1 is 0.923 bits per heavy atom. The van der Waals surface area contributed by atoms with Gasteiger partial charge in [0.2, 0.25) is 18.6 Å². The fraction of sp³-hybridized carbons (Fsp3) is 0.357. The summed E-state index contributed by atoms with van der Waals surface area (Å²) in [5.74, 6) is 0.0245. The summed E-state index contributed by atoms with van der Waals surface area (Å²) in [4.78, 5) is 56.0. The van der Waals surface area contributed by atoms with E-state index in [0.717, 1.165) is 30.3 Å². The summed E-state index contributed by atoms with van der Waals surface area (Å²) in [6.45, 7) is 3.50. The predicted octanol–water partition coefficient (Wildman–Crippen LogP) is 1.72. The second-order valence-electron chi connectivity index (χ2n) is 9.77. The van der Waals surface area contributed by atoms with Gasteiger partial charge >= 0.3 is 0 Å². The van der Waals surface area contributed by atoms with Gasteiger partial charge in [0, 0.05) is 63.5 Å². The molecule has 3 amide bonds. The number of nitrogens with one attached hydrogen (secondary N) is 1. The number of anilines is 1. The van der Waals surface area contributed by atoms with E-state index < -0.39 is 11.3 Å². The van der Waals surface area contributed by atoms with Gasteiger partial charge in [-0.1, -0.05) is 18.2 Å². The third-order valence-corrected chi connectivity index (χ3v) is 7.34. The Kier molecular flexibility index (Phi) is 6.55. The number of rotatable bonds is 6. The molecule has 3 aliphatic rings. The van der Waals surface area contributed by atoms with Crippen molar-refractivity contribution in [2.45, 2.75) is 19.4 Å². The fourth-order valence-electron chi connectivity index (χ4n) is 5.24. The number of hydrogen-bond acceptors (Lipinski definition) is 8. The van der Waals surface area contributed by atoms with Crippen molar-refractivity contribution in [1.29, 1.82) is 0 Å². The molecular weight excluding hydrogens is 504 g/mol. The molecule has 11 nitrogen and oxygen atoms in total. The Hall–Kier alpha value is -4.54. The van der Waals surface area contributed by atoms with E-state index in [-0.39, 0.29) is 41.9 Å². The molecule has 3 aromatic rings. The third-order valence-electron chi connectivity index (χ3n) is 7.34. The first-order chi connectivity index (χ1) is 19.0. The summed E-state index contributed by atoms with van der Waals surface area (Å²) in [7, 11) is 0. The lowest BCUT2D eigenvalue weighted by Crippen LogP contribution is -2.51. The van der Waals surface area contributed by atoms with Crippen molar-refractivity contribution in [3.05, 3.63) is 64.0 Å². The normalized spacial score (nSPS) is 16.7. The van der Waals surface area contributed by atoms with Crippen molar-refractivity contribution < 1.29 is 28.3 Å². The highest BCUT2D eigenvalue weighted by atomic mass is 16.7. The van der Waals surface area contributed by atoms with E-state index in [9.17, 15) is 19.2 Å². The van der Waals surface area contributed by atoms with E-state index >= 15 is 0 Å². The molecule has 39 heavy (non-hydrogen) atoms. The maximum Gasteiger partial charge on any atom is 0.287 e. The Morgan fingerprint density at radius 2 is 1.69 bits per heavy atom. The Bertz CT molecular complexity index is 1510. The molecule has 2 saturated heterocycles. The first-order valence-electron chi connectivity index (χ1n) is 13.0. The molecule has 0 radical (unpaired) electrons. The van der Waals surface area contributed by atoms with Crippen molar-refractivity contribution in [2.24, 2.45) is 0 Å². The number of para-hydroxylation sites is 1. The molecule has 0 atom stereocenters. The first-order valence-corrected chi connectivity index (χ1v) is 13.0. The van der Waals surface area contributed by atoms with Crippen molar-refractivity contribution in [1.82, 2.24) is 15.1 Å². The van der Waals surface area contributed by atoms with Gasteiger partial charge in [-0.2, -0.15) is 0 Å². The lowest BCUT2D eigenvalue weighted by atomic mass is 10.1. The van der Waals surface area contributed by atoms with Crippen molar-refractivity contribution in [3.63, 3.8) is 0 Å². The highest BCUT2D eigenvalue weighted by Gasteiger charge is 2.26. The van der Waals surface area contributed by atoms with Crippen LogP contribution in [0.15, 0.2) is 51.7 Å². The quantitative estimate of drug-likeness (QED) is 0.510. The molecule has 11 heteroatoms. The minimum absolute atomic E-state index is 0.0513.